The van der Waals surface area contributed by atoms with Crippen LogP contribution in [-0.2, 0) is 33.1 Å². The molecule has 1 saturated heterocycles. The van der Waals surface area contributed by atoms with Gasteiger partial charge < -0.3 is 19.1 Å². The van der Waals surface area contributed by atoms with Gasteiger partial charge in [-0.15, -0.1) is 0 Å². The summed E-state index contributed by atoms with van der Waals surface area (Å²) in [4.78, 5) is 47.0. The predicted molar refractivity (Wildman–Crippen MR) is 71.0 cm³/mol. The molecule has 9 heteroatoms. The van der Waals surface area contributed by atoms with Crippen molar-refractivity contribution in [2.45, 2.75) is 46.0 Å². The van der Waals surface area contributed by atoms with Crippen molar-refractivity contribution >= 4 is 31.2 Å². The standard InChI is InChI=1S/C13H17BO8/c1-12(2)9(17)20-14(21-10(12)18)22-11(19)13(8(15)16)6-4-3-5-7-13/h3-7H2,1-2H3,(H,15,16). The van der Waals surface area contributed by atoms with E-state index in [4.69, 9.17) is 14.0 Å². The fourth-order valence-corrected chi connectivity index (χ4v) is 2.49. The highest BCUT2D eigenvalue weighted by molar-refractivity contribution is 6.47. The molecule has 1 heterocycles. The summed E-state index contributed by atoms with van der Waals surface area (Å²) in [5.74, 6) is -4.12. The van der Waals surface area contributed by atoms with E-state index in [0.717, 1.165) is 6.42 Å². The van der Waals surface area contributed by atoms with Crippen molar-refractivity contribution in [3.63, 3.8) is 0 Å². The van der Waals surface area contributed by atoms with Crippen molar-refractivity contribution in [2.75, 3.05) is 0 Å². The number of carboxylic acid groups (broad SMARTS) is 1. The zero-order valence-corrected chi connectivity index (χ0v) is 12.4. The van der Waals surface area contributed by atoms with Gasteiger partial charge in [-0.1, -0.05) is 19.3 Å². The zero-order valence-electron chi connectivity index (χ0n) is 12.4. The van der Waals surface area contributed by atoms with E-state index in [-0.39, 0.29) is 12.8 Å². The van der Waals surface area contributed by atoms with E-state index in [1.807, 2.05) is 0 Å². The first kappa shape index (κ1) is 16.3. The Morgan fingerprint density at radius 1 is 1.09 bits per heavy atom. The van der Waals surface area contributed by atoms with Crippen LogP contribution in [0.4, 0.5) is 0 Å². The summed E-state index contributed by atoms with van der Waals surface area (Å²) in [5, 5.41) is 9.36. The molecule has 22 heavy (non-hydrogen) atoms. The summed E-state index contributed by atoms with van der Waals surface area (Å²) in [6.45, 7) is 2.63. The SMILES string of the molecule is CC1(C)C(=O)OB(OC(=O)C2(C(=O)O)CCCCC2)OC1=O. The van der Waals surface area contributed by atoms with Gasteiger partial charge in [0.1, 0.15) is 0 Å². The molecule has 0 spiro atoms. The second-order valence-electron chi connectivity index (χ2n) is 6.08. The minimum Gasteiger partial charge on any atom is -0.480 e. The molecule has 2 fully saturated rings. The average Bonchev–Trinajstić information content (AvgIpc) is 2.45. The van der Waals surface area contributed by atoms with Gasteiger partial charge in [0, 0.05) is 0 Å². The Hall–Kier alpha value is -2.06. The van der Waals surface area contributed by atoms with Crippen LogP contribution in [0.3, 0.4) is 0 Å². The summed E-state index contributed by atoms with van der Waals surface area (Å²) in [5.41, 5.74) is -3.16. The second kappa shape index (κ2) is 5.62. The normalized spacial score (nSPS) is 23.3. The van der Waals surface area contributed by atoms with Crippen LogP contribution >= 0.6 is 0 Å². The van der Waals surface area contributed by atoms with Gasteiger partial charge >= 0.3 is 31.2 Å². The number of carbonyl (C=O) groups is 4. The van der Waals surface area contributed by atoms with E-state index in [2.05, 4.69) is 0 Å². The Balaban J connectivity index is 2.10. The molecule has 1 saturated carbocycles. The molecule has 0 radical (unpaired) electrons. The molecule has 1 N–H and O–H groups in total. The Kier molecular flexibility index (Phi) is 4.17. The molecule has 2 aliphatic rings. The maximum Gasteiger partial charge on any atom is 0.870 e. The van der Waals surface area contributed by atoms with Crippen molar-refractivity contribution in [2.24, 2.45) is 10.8 Å². The molecule has 8 nitrogen and oxygen atoms in total. The molecule has 0 aromatic carbocycles. The number of carbonyl (C=O) groups excluding carboxylic acids is 3. The van der Waals surface area contributed by atoms with Gasteiger partial charge in [0.2, 0.25) is 0 Å². The topological polar surface area (TPSA) is 116 Å². The van der Waals surface area contributed by atoms with Gasteiger partial charge in [-0.2, -0.15) is 0 Å². The number of aliphatic carboxylic acids is 1. The molecule has 2 rings (SSSR count). The molecule has 0 unspecified atom stereocenters. The first-order chi connectivity index (χ1) is 10.2. The number of rotatable bonds is 3. The summed E-state index contributed by atoms with van der Waals surface area (Å²) < 4.78 is 14.3. The van der Waals surface area contributed by atoms with Crippen molar-refractivity contribution in [3.8, 4) is 0 Å². The van der Waals surface area contributed by atoms with Gasteiger partial charge in [0.05, 0.1) is 0 Å². The number of hydrogen-bond acceptors (Lipinski definition) is 7. The molecular weight excluding hydrogens is 295 g/mol. The maximum absolute atomic E-state index is 12.2. The summed E-state index contributed by atoms with van der Waals surface area (Å²) >= 11 is 0. The minimum absolute atomic E-state index is 0.140. The van der Waals surface area contributed by atoms with Crippen molar-refractivity contribution in [3.05, 3.63) is 0 Å². The molecule has 0 amide bonds. The summed E-state index contributed by atoms with van der Waals surface area (Å²) in [7, 11) is -1.83. The van der Waals surface area contributed by atoms with Gasteiger partial charge in [-0.3, -0.25) is 19.2 Å². The van der Waals surface area contributed by atoms with Crippen LogP contribution < -0.4 is 0 Å². The fourth-order valence-electron chi connectivity index (χ4n) is 2.49. The summed E-state index contributed by atoms with van der Waals surface area (Å²) in [6, 6.07) is 0. The lowest BCUT2D eigenvalue weighted by atomic mass is 9.74. The van der Waals surface area contributed by atoms with Gasteiger partial charge in [0.25, 0.3) is 0 Å². The monoisotopic (exact) mass is 312 g/mol. The molecule has 120 valence electrons. The van der Waals surface area contributed by atoms with E-state index in [9.17, 15) is 24.3 Å². The lowest BCUT2D eigenvalue weighted by Gasteiger charge is -2.33. The van der Waals surface area contributed by atoms with Crippen LogP contribution in [0, 0.1) is 10.8 Å². The third kappa shape index (κ3) is 2.67. The van der Waals surface area contributed by atoms with Crippen LogP contribution in [0.2, 0.25) is 0 Å². The second-order valence-corrected chi connectivity index (χ2v) is 6.08. The highest BCUT2D eigenvalue weighted by Crippen LogP contribution is 2.38. The van der Waals surface area contributed by atoms with Crippen molar-refractivity contribution in [1.29, 1.82) is 0 Å². The minimum atomic E-state index is -1.83. The summed E-state index contributed by atoms with van der Waals surface area (Å²) in [6.07, 6.45) is 2.28. The molecule has 0 aromatic rings. The molecule has 1 aliphatic heterocycles. The highest BCUT2D eigenvalue weighted by Gasteiger charge is 2.56. The Morgan fingerprint density at radius 2 is 1.59 bits per heavy atom. The highest BCUT2D eigenvalue weighted by atomic mass is 16.8. The average molecular weight is 312 g/mol. The largest absolute Gasteiger partial charge is 0.870 e. The van der Waals surface area contributed by atoms with E-state index >= 15 is 0 Å². The van der Waals surface area contributed by atoms with Crippen LogP contribution in [0.25, 0.3) is 0 Å². The third-order valence-electron chi connectivity index (χ3n) is 4.14. The van der Waals surface area contributed by atoms with Gasteiger partial charge in [-0.05, 0) is 26.7 Å². The lowest BCUT2D eigenvalue weighted by Crippen LogP contribution is -2.53. The van der Waals surface area contributed by atoms with Crippen LogP contribution in [-0.4, -0.2) is 36.3 Å². The molecule has 0 aromatic heterocycles. The molecule has 1 aliphatic carbocycles. The van der Waals surface area contributed by atoms with E-state index in [0.29, 0.717) is 12.8 Å². The Bertz CT molecular complexity index is 500. The van der Waals surface area contributed by atoms with Gasteiger partial charge in [-0.25, -0.2) is 0 Å². The number of hydrogen-bond donors (Lipinski definition) is 1. The van der Waals surface area contributed by atoms with E-state index in [1.54, 1.807) is 0 Å². The van der Waals surface area contributed by atoms with Crippen LogP contribution in [0.1, 0.15) is 46.0 Å². The lowest BCUT2D eigenvalue weighted by molar-refractivity contribution is -0.175. The van der Waals surface area contributed by atoms with Crippen LogP contribution in [0.5, 0.6) is 0 Å². The maximum atomic E-state index is 12.2. The van der Waals surface area contributed by atoms with Gasteiger partial charge in [0.15, 0.2) is 10.8 Å². The van der Waals surface area contributed by atoms with Crippen molar-refractivity contribution < 1.29 is 38.2 Å². The fraction of sp³-hybridized carbons (Fsp3) is 0.692. The molecule has 0 atom stereocenters. The predicted octanol–water partition coefficient (Wildman–Crippen LogP) is 0.676. The first-order valence-electron chi connectivity index (χ1n) is 7.07. The molecular formula is C13H17BO8. The Labute approximate surface area is 127 Å². The van der Waals surface area contributed by atoms with Crippen LogP contribution in [0.15, 0.2) is 0 Å². The number of carboxylic acids is 1. The van der Waals surface area contributed by atoms with E-state index < -0.39 is 42.0 Å². The Morgan fingerprint density at radius 3 is 2.05 bits per heavy atom. The first-order valence-corrected chi connectivity index (χ1v) is 7.07. The molecule has 0 bridgehead atoms. The van der Waals surface area contributed by atoms with E-state index in [1.165, 1.54) is 13.8 Å². The third-order valence-corrected chi connectivity index (χ3v) is 4.14. The quantitative estimate of drug-likeness (QED) is 0.597. The van der Waals surface area contributed by atoms with Crippen molar-refractivity contribution in [1.82, 2.24) is 0 Å². The smallest absolute Gasteiger partial charge is 0.480 e. The zero-order chi connectivity index (χ0) is 16.5.